The van der Waals surface area contributed by atoms with Gasteiger partial charge < -0.3 is 9.30 Å². The van der Waals surface area contributed by atoms with Crippen LogP contribution in [0.2, 0.25) is 0 Å². The lowest BCUT2D eigenvalue weighted by molar-refractivity contribution is 0.0526. The summed E-state index contributed by atoms with van der Waals surface area (Å²) in [5.41, 5.74) is 2.05. The van der Waals surface area contributed by atoms with E-state index in [0.29, 0.717) is 12.4 Å². The molecule has 0 fully saturated rings. The summed E-state index contributed by atoms with van der Waals surface area (Å²) in [6.45, 7) is 4.67. The van der Waals surface area contributed by atoms with E-state index < -0.39 is 16.0 Å². The van der Waals surface area contributed by atoms with Crippen LogP contribution in [0, 0.1) is 0 Å². The molecule has 0 atom stereocenters. The predicted molar refractivity (Wildman–Crippen MR) is 110 cm³/mol. The van der Waals surface area contributed by atoms with Crippen LogP contribution in [0.3, 0.4) is 0 Å². The summed E-state index contributed by atoms with van der Waals surface area (Å²) >= 11 is 3.24. The molecule has 2 aromatic carbocycles. The number of fused-ring (bicyclic) bond motifs is 1. The molecule has 0 amide bonds. The molecule has 148 valence electrons. The van der Waals surface area contributed by atoms with Crippen LogP contribution >= 0.6 is 15.9 Å². The van der Waals surface area contributed by atoms with Crippen molar-refractivity contribution in [2.45, 2.75) is 31.8 Å². The zero-order valence-electron chi connectivity index (χ0n) is 15.5. The van der Waals surface area contributed by atoms with Crippen molar-refractivity contribution in [3.05, 3.63) is 58.3 Å². The minimum atomic E-state index is -3.81. The maximum atomic E-state index is 12.8. The van der Waals surface area contributed by atoms with Crippen LogP contribution in [-0.4, -0.2) is 30.5 Å². The first kappa shape index (κ1) is 20.5. The number of hydrogen-bond acceptors (Lipinski definition) is 5. The Bertz CT molecular complexity index is 1130. The second kappa shape index (κ2) is 8.42. The van der Waals surface area contributed by atoms with E-state index in [1.54, 1.807) is 6.92 Å². The number of nitrogens with one attached hydrogen (secondary N) is 1. The van der Waals surface area contributed by atoms with Gasteiger partial charge in [-0.15, -0.1) is 0 Å². The fourth-order valence-corrected chi connectivity index (χ4v) is 4.97. The van der Waals surface area contributed by atoms with Crippen molar-refractivity contribution in [2.24, 2.45) is 0 Å². The van der Waals surface area contributed by atoms with E-state index in [4.69, 9.17) is 4.74 Å². The molecule has 1 aromatic heterocycles. The van der Waals surface area contributed by atoms with Gasteiger partial charge in [0.15, 0.2) is 0 Å². The Morgan fingerprint density at radius 1 is 1.21 bits per heavy atom. The average molecular weight is 466 g/mol. The number of aromatic nitrogens is 2. The number of nitrogens with zero attached hydrogens (tertiary/aromatic N) is 2. The number of halogens is 1. The number of ether oxygens (including phenoxy) is 1. The van der Waals surface area contributed by atoms with Crippen molar-refractivity contribution in [1.29, 1.82) is 0 Å². The third-order valence-electron chi connectivity index (χ3n) is 4.20. The molecule has 0 bridgehead atoms. The Labute approximate surface area is 171 Å². The summed E-state index contributed by atoms with van der Waals surface area (Å²) in [6, 6.07) is 11.9. The molecule has 0 unspecified atom stereocenters. The Morgan fingerprint density at radius 3 is 2.64 bits per heavy atom. The number of benzene rings is 2. The number of carbonyl (C=O) groups is 1. The molecule has 0 spiro atoms. The summed E-state index contributed by atoms with van der Waals surface area (Å²) in [7, 11) is -3.81. The van der Waals surface area contributed by atoms with Crippen LogP contribution in [0.1, 0.15) is 30.0 Å². The fourth-order valence-electron chi connectivity index (χ4n) is 2.91. The lowest BCUT2D eigenvalue weighted by Crippen LogP contribution is -2.25. The maximum Gasteiger partial charge on any atom is 0.338 e. The zero-order chi connectivity index (χ0) is 20.3. The smallest absolute Gasteiger partial charge is 0.338 e. The molecule has 3 aromatic rings. The molecule has 0 aliphatic heterocycles. The first-order valence-electron chi connectivity index (χ1n) is 8.77. The monoisotopic (exact) mass is 465 g/mol. The minimum Gasteiger partial charge on any atom is -0.462 e. The first-order valence-corrected chi connectivity index (χ1v) is 11.1. The first-order chi connectivity index (χ1) is 13.4. The molecule has 1 heterocycles. The maximum absolute atomic E-state index is 12.8. The van der Waals surface area contributed by atoms with Crippen LogP contribution < -0.4 is 4.72 Å². The normalized spacial score (nSPS) is 11.7. The third-order valence-corrected chi connectivity index (χ3v) is 6.58. The van der Waals surface area contributed by atoms with Crippen molar-refractivity contribution in [2.75, 3.05) is 6.61 Å². The Morgan fingerprint density at radius 2 is 1.96 bits per heavy atom. The van der Waals surface area contributed by atoms with E-state index in [0.717, 1.165) is 11.0 Å². The topological polar surface area (TPSA) is 90.3 Å². The molecule has 3 rings (SSSR count). The molecule has 0 aliphatic carbocycles. The van der Waals surface area contributed by atoms with Gasteiger partial charge in [0.1, 0.15) is 5.82 Å². The quantitative estimate of drug-likeness (QED) is 0.539. The van der Waals surface area contributed by atoms with E-state index >= 15 is 0 Å². The Hall–Kier alpha value is -2.23. The van der Waals surface area contributed by atoms with E-state index in [9.17, 15) is 13.2 Å². The SMILES string of the molecule is CCOC(=O)c1ccc(S(=O)(=O)NCc2nc3ccccc3n2CC)c(Br)c1. The molecular weight excluding hydrogens is 446 g/mol. The van der Waals surface area contributed by atoms with Gasteiger partial charge in [-0.25, -0.2) is 22.9 Å². The van der Waals surface area contributed by atoms with Gasteiger partial charge >= 0.3 is 5.97 Å². The zero-order valence-corrected chi connectivity index (χ0v) is 17.9. The summed E-state index contributed by atoms with van der Waals surface area (Å²) in [6.07, 6.45) is 0. The van der Waals surface area contributed by atoms with Gasteiger partial charge in [-0.3, -0.25) is 0 Å². The molecule has 7 nitrogen and oxygen atoms in total. The lowest BCUT2D eigenvalue weighted by atomic mass is 10.2. The predicted octanol–water partition coefficient (Wildman–Crippen LogP) is 3.47. The number of carbonyl (C=O) groups excluding carboxylic acids is 1. The number of para-hydroxylation sites is 2. The minimum absolute atomic E-state index is 0.0414. The fraction of sp³-hybridized carbons (Fsp3) is 0.263. The average Bonchev–Trinajstić information content (AvgIpc) is 3.04. The van der Waals surface area contributed by atoms with Gasteiger partial charge in [0.2, 0.25) is 10.0 Å². The van der Waals surface area contributed by atoms with Crippen molar-refractivity contribution < 1.29 is 17.9 Å². The molecule has 28 heavy (non-hydrogen) atoms. The van der Waals surface area contributed by atoms with Gasteiger partial charge in [0.25, 0.3) is 0 Å². The van der Waals surface area contributed by atoms with Gasteiger partial charge in [-0.2, -0.15) is 0 Å². The highest BCUT2D eigenvalue weighted by molar-refractivity contribution is 9.10. The van der Waals surface area contributed by atoms with Crippen LogP contribution in [-0.2, 0) is 27.8 Å². The van der Waals surface area contributed by atoms with Crippen molar-refractivity contribution >= 4 is 43.0 Å². The Kier molecular flexibility index (Phi) is 6.17. The summed E-state index contributed by atoms with van der Waals surface area (Å²) in [4.78, 5) is 16.4. The highest BCUT2D eigenvalue weighted by Gasteiger charge is 2.21. The standard InChI is InChI=1S/C19H20BrN3O4S/c1-3-23-16-8-6-5-7-15(16)22-18(23)12-21-28(25,26)17-10-9-13(11-14(17)20)19(24)27-4-2/h5-11,21H,3-4,12H2,1-2H3. The second-order valence-electron chi connectivity index (χ2n) is 5.95. The van der Waals surface area contributed by atoms with Crippen LogP contribution in [0.5, 0.6) is 0 Å². The number of hydrogen-bond donors (Lipinski definition) is 1. The van der Waals surface area contributed by atoms with Crippen LogP contribution in [0.25, 0.3) is 11.0 Å². The molecular formula is C19H20BrN3O4S. The lowest BCUT2D eigenvalue weighted by Gasteiger charge is -2.11. The summed E-state index contributed by atoms with van der Waals surface area (Å²) in [5, 5.41) is 0. The molecule has 9 heteroatoms. The Balaban J connectivity index is 1.84. The number of aryl methyl sites for hydroxylation is 1. The van der Waals surface area contributed by atoms with Crippen molar-refractivity contribution in [3.8, 4) is 0 Å². The van der Waals surface area contributed by atoms with Gasteiger partial charge in [0.05, 0.1) is 34.6 Å². The van der Waals surface area contributed by atoms with E-state index in [1.807, 2.05) is 35.8 Å². The van der Waals surface area contributed by atoms with Gasteiger partial charge in [-0.1, -0.05) is 12.1 Å². The molecule has 1 N–H and O–H groups in total. The van der Waals surface area contributed by atoms with Crippen LogP contribution in [0.4, 0.5) is 0 Å². The van der Waals surface area contributed by atoms with Crippen molar-refractivity contribution in [1.82, 2.24) is 14.3 Å². The van der Waals surface area contributed by atoms with Gasteiger partial charge in [-0.05, 0) is 60.1 Å². The van der Waals surface area contributed by atoms with E-state index in [1.165, 1.54) is 18.2 Å². The second-order valence-corrected chi connectivity index (χ2v) is 8.54. The van der Waals surface area contributed by atoms with E-state index in [2.05, 4.69) is 25.6 Å². The third kappa shape index (κ3) is 4.11. The van der Waals surface area contributed by atoms with Crippen molar-refractivity contribution in [3.63, 3.8) is 0 Å². The highest BCUT2D eigenvalue weighted by atomic mass is 79.9. The van der Waals surface area contributed by atoms with Gasteiger partial charge in [0, 0.05) is 11.0 Å². The number of sulfonamides is 1. The number of esters is 1. The summed E-state index contributed by atoms with van der Waals surface area (Å²) in [5.74, 6) is 0.128. The van der Waals surface area contributed by atoms with E-state index in [-0.39, 0.29) is 28.1 Å². The number of imidazole rings is 1. The summed E-state index contributed by atoms with van der Waals surface area (Å²) < 4.78 is 35.3. The molecule has 0 radical (unpaired) electrons. The molecule has 0 saturated carbocycles. The molecule has 0 aliphatic rings. The van der Waals surface area contributed by atoms with Crippen LogP contribution in [0.15, 0.2) is 51.8 Å². The largest absolute Gasteiger partial charge is 0.462 e. The molecule has 0 saturated heterocycles. The number of rotatable bonds is 7. The highest BCUT2D eigenvalue weighted by Crippen LogP contribution is 2.24.